The third kappa shape index (κ3) is 3.32. The Morgan fingerprint density at radius 2 is 1.85 bits per heavy atom. The molecule has 1 aliphatic rings. The Morgan fingerprint density at radius 3 is 2.65 bits per heavy atom. The second-order valence-corrected chi connectivity index (χ2v) is 6.79. The Kier molecular flexibility index (Phi) is 4.67. The van der Waals surface area contributed by atoms with E-state index in [0.29, 0.717) is 12.6 Å². The number of anilines is 1. The maximum absolute atomic E-state index is 12.6. The van der Waals surface area contributed by atoms with Crippen molar-refractivity contribution >= 4 is 17.2 Å². The average Bonchev–Trinajstić information content (AvgIpc) is 3.09. The van der Waals surface area contributed by atoms with Crippen molar-refractivity contribution in [2.75, 3.05) is 31.1 Å². The summed E-state index contributed by atoms with van der Waals surface area (Å²) in [6.07, 6.45) is 8.45. The summed E-state index contributed by atoms with van der Waals surface area (Å²) in [5.41, 5.74) is 1.67. The highest BCUT2D eigenvalue weighted by Gasteiger charge is 2.24. The lowest BCUT2D eigenvalue weighted by Crippen LogP contribution is -2.38. The molecule has 0 spiro atoms. The quantitative estimate of drug-likeness (QED) is 0.678. The molecule has 134 valence electrons. The van der Waals surface area contributed by atoms with Crippen LogP contribution in [0.1, 0.15) is 23.7 Å². The van der Waals surface area contributed by atoms with Crippen LogP contribution in [0.3, 0.4) is 0 Å². The first-order valence-corrected chi connectivity index (χ1v) is 9.07. The van der Waals surface area contributed by atoms with E-state index in [0.717, 1.165) is 43.1 Å². The Morgan fingerprint density at radius 1 is 1.08 bits per heavy atom. The maximum atomic E-state index is 12.6. The molecule has 3 heterocycles. The molecule has 4 rings (SSSR count). The number of rotatable bonds is 4. The molecule has 6 heteroatoms. The second kappa shape index (κ2) is 7.25. The van der Waals surface area contributed by atoms with E-state index in [-0.39, 0.29) is 5.78 Å². The molecule has 0 aliphatic carbocycles. The largest absolute Gasteiger partial charge is 0.352 e. The van der Waals surface area contributed by atoms with Gasteiger partial charge in [-0.05, 0) is 13.3 Å². The number of ketones is 1. The fourth-order valence-corrected chi connectivity index (χ4v) is 3.52. The number of imidazole rings is 1. The van der Waals surface area contributed by atoms with E-state index in [9.17, 15) is 4.79 Å². The Labute approximate surface area is 153 Å². The molecule has 1 atom stereocenters. The van der Waals surface area contributed by atoms with E-state index in [2.05, 4.69) is 26.7 Å². The van der Waals surface area contributed by atoms with Crippen molar-refractivity contribution in [3.05, 3.63) is 60.7 Å². The highest BCUT2D eigenvalue weighted by Crippen LogP contribution is 2.21. The van der Waals surface area contributed by atoms with Crippen LogP contribution in [0.4, 0.5) is 5.82 Å². The lowest BCUT2D eigenvalue weighted by atomic mass is 10.1. The van der Waals surface area contributed by atoms with Crippen molar-refractivity contribution in [1.29, 1.82) is 0 Å². The highest BCUT2D eigenvalue weighted by molar-refractivity contribution is 5.97. The number of hydrogen-bond acceptors (Lipinski definition) is 5. The molecule has 0 bridgehead atoms. The van der Waals surface area contributed by atoms with Crippen molar-refractivity contribution < 1.29 is 4.79 Å². The molecule has 2 aromatic heterocycles. The van der Waals surface area contributed by atoms with Gasteiger partial charge in [0.15, 0.2) is 17.2 Å². The molecule has 0 amide bonds. The zero-order valence-corrected chi connectivity index (χ0v) is 15.0. The van der Waals surface area contributed by atoms with Gasteiger partial charge in [-0.25, -0.2) is 9.97 Å². The van der Waals surface area contributed by atoms with Crippen LogP contribution in [0.2, 0.25) is 0 Å². The Hall–Kier alpha value is -2.73. The summed E-state index contributed by atoms with van der Waals surface area (Å²) in [7, 11) is 0. The lowest BCUT2D eigenvalue weighted by Gasteiger charge is -2.25. The van der Waals surface area contributed by atoms with Crippen molar-refractivity contribution in [3.63, 3.8) is 0 Å². The van der Waals surface area contributed by atoms with Gasteiger partial charge in [-0.15, -0.1) is 0 Å². The van der Waals surface area contributed by atoms with Crippen LogP contribution in [0.25, 0.3) is 5.65 Å². The molecule has 0 N–H and O–H groups in total. The van der Waals surface area contributed by atoms with Gasteiger partial charge in [-0.2, -0.15) is 0 Å². The van der Waals surface area contributed by atoms with Crippen LogP contribution >= 0.6 is 0 Å². The van der Waals surface area contributed by atoms with Crippen molar-refractivity contribution in [3.8, 4) is 0 Å². The van der Waals surface area contributed by atoms with E-state index < -0.39 is 0 Å². The number of benzene rings is 1. The van der Waals surface area contributed by atoms with Gasteiger partial charge >= 0.3 is 0 Å². The SMILES string of the molecule is C[C@@H]1CCN(c2nccn3ccnc23)CCN1CC(=O)c1ccccc1. The summed E-state index contributed by atoms with van der Waals surface area (Å²) in [6.45, 7) is 5.25. The highest BCUT2D eigenvalue weighted by atomic mass is 16.1. The normalized spacial score (nSPS) is 18.8. The number of carbonyl (C=O) groups excluding carboxylic acids is 1. The molecule has 1 fully saturated rings. The number of hydrogen-bond donors (Lipinski definition) is 0. The molecule has 0 unspecified atom stereocenters. The standard InChI is InChI=1S/C20H23N5O/c1-16-7-10-23(19-20-22-9-12-24(20)11-8-21-19)13-14-25(16)15-18(26)17-5-3-2-4-6-17/h2-6,8-9,11-12,16H,7,10,13-15H2,1H3/t16-/m1/s1. The molecule has 3 aromatic rings. The third-order valence-corrected chi connectivity index (χ3v) is 5.13. The predicted octanol–water partition coefficient (Wildman–Crippen LogP) is 2.51. The van der Waals surface area contributed by atoms with Crippen molar-refractivity contribution in [2.45, 2.75) is 19.4 Å². The minimum absolute atomic E-state index is 0.180. The van der Waals surface area contributed by atoms with E-state index in [1.807, 2.05) is 53.3 Å². The number of aromatic nitrogens is 3. The van der Waals surface area contributed by atoms with Gasteiger partial charge in [0.25, 0.3) is 0 Å². The zero-order valence-electron chi connectivity index (χ0n) is 15.0. The smallest absolute Gasteiger partial charge is 0.180 e. The van der Waals surface area contributed by atoms with Gasteiger partial charge in [-0.1, -0.05) is 30.3 Å². The van der Waals surface area contributed by atoms with Crippen molar-refractivity contribution in [1.82, 2.24) is 19.3 Å². The number of carbonyl (C=O) groups is 1. The topological polar surface area (TPSA) is 53.7 Å². The minimum atomic E-state index is 0.180. The molecule has 1 aromatic carbocycles. The molecule has 0 saturated carbocycles. The van der Waals surface area contributed by atoms with Gasteiger partial charge in [0.05, 0.1) is 6.54 Å². The average molecular weight is 349 g/mol. The summed E-state index contributed by atoms with van der Waals surface area (Å²) in [5, 5.41) is 0. The van der Waals surface area contributed by atoms with Crippen LogP contribution in [-0.2, 0) is 0 Å². The summed E-state index contributed by atoms with van der Waals surface area (Å²) in [5.74, 6) is 1.10. The van der Waals surface area contributed by atoms with Crippen LogP contribution in [-0.4, -0.2) is 57.3 Å². The van der Waals surface area contributed by atoms with E-state index in [1.165, 1.54) is 0 Å². The minimum Gasteiger partial charge on any atom is -0.352 e. The van der Waals surface area contributed by atoms with Gasteiger partial charge in [0, 0.05) is 56.0 Å². The van der Waals surface area contributed by atoms with E-state index in [1.54, 1.807) is 6.20 Å². The summed E-state index contributed by atoms with van der Waals surface area (Å²) >= 11 is 0. The maximum Gasteiger partial charge on any atom is 0.180 e. The number of nitrogens with zero attached hydrogens (tertiary/aromatic N) is 5. The molecular weight excluding hydrogens is 326 g/mol. The zero-order chi connectivity index (χ0) is 17.9. The summed E-state index contributed by atoms with van der Waals surface area (Å²) in [4.78, 5) is 26.1. The molecule has 0 radical (unpaired) electrons. The Bertz CT molecular complexity index is 891. The number of fused-ring (bicyclic) bond motifs is 1. The molecule has 1 aliphatic heterocycles. The summed E-state index contributed by atoms with van der Waals surface area (Å²) in [6, 6.07) is 9.90. The predicted molar refractivity (Wildman–Crippen MR) is 102 cm³/mol. The first kappa shape index (κ1) is 16.7. The first-order valence-electron chi connectivity index (χ1n) is 9.07. The second-order valence-electron chi connectivity index (χ2n) is 6.79. The van der Waals surface area contributed by atoms with Crippen LogP contribution in [0.5, 0.6) is 0 Å². The molecule has 6 nitrogen and oxygen atoms in total. The van der Waals surface area contributed by atoms with Crippen LogP contribution < -0.4 is 4.90 Å². The molecule has 26 heavy (non-hydrogen) atoms. The monoisotopic (exact) mass is 349 g/mol. The molecule has 1 saturated heterocycles. The molecular formula is C20H23N5O. The van der Waals surface area contributed by atoms with Gasteiger partial charge in [-0.3, -0.25) is 9.69 Å². The fourth-order valence-electron chi connectivity index (χ4n) is 3.52. The van der Waals surface area contributed by atoms with Gasteiger partial charge in [0.2, 0.25) is 0 Å². The van der Waals surface area contributed by atoms with Crippen molar-refractivity contribution in [2.24, 2.45) is 0 Å². The lowest BCUT2D eigenvalue weighted by molar-refractivity contribution is 0.0905. The van der Waals surface area contributed by atoms with E-state index in [4.69, 9.17) is 0 Å². The fraction of sp³-hybridized carbons (Fsp3) is 0.350. The third-order valence-electron chi connectivity index (χ3n) is 5.13. The van der Waals surface area contributed by atoms with Gasteiger partial charge < -0.3 is 9.30 Å². The van der Waals surface area contributed by atoms with Crippen LogP contribution in [0, 0.1) is 0 Å². The first-order chi connectivity index (χ1) is 12.7. The number of Topliss-reactive ketones (excluding diaryl/α,β-unsaturated/α-hetero) is 1. The van der Waals surface area contributed by atoms with Gasteiger partial charge in [0.1, 0.15) is 0 Å². The van der Waals surface area contributed by atoms with E-state index >= 15 is 0 Å². The van der Waals surface area contributed by atoms with Crippen LogP contribution in [0.15, 0.2) is 55.1 Å². The Balaban J connectivity index is 1.48. The summed E-state index contributed by atoms with van der Waals surface area (Å²) < 4.78 is 1.99.